The van der Waals surface area contributed by atoms with Crippen LogP contribution in [0.3, 0.4) is 0 Å². The lowest BCUT2D eigenvalue weighted by Gasteiger charge is -2.07. The number of urea groups is 1. The van der Waals surface area contributed by atoms with Crippen molar-refractivity contribution in [1.29, 1.82) is 0 Å². The number of carbonyl (C=O) groups excluding carboxylic acids is 2. The molecule has 0 aromatic heterocycles. The number of amides is 3. The average Bonchev–Trinajstić information content (AvgIpc) is 2.26. The number of carbonyl (C=O) groups is 2. The van der Waals surface area contributed by atoms with E-state index >= 15 is 0 Å². The first kappa shape index (κ1) is 7.59. The van der Waals surface area contributed by atoms with E-state index in [2.05, 4.69) is 5.32 Å². The molecule has 1 rings (SSSR count). The van der Waals surface area contributed by atoms with E-state index in [9.17, 15) is 9.59 Å². The molecule has 3 amide bonds. The second-order valence-electron chi connectivity index (χ2n) is 2.12. The molecule has 60 valence electrons. The van der Waals surface area contributed by atoms with E-state index in [4.69, 9.17) is 5.11 Å². The molecule has 0 saturated carbocycles. The number of nitrogens with zero attached hydrogens (tertiary/aromatic N) is 1. The molecule has 11 heavy (non-hydrogen) atoms. The minimum absolute atomic E-state index is 0.0726. The Morgan fingerprint density at radius 3 is 2.82 bits per heavy atom. The van der Waals surface area contributed by atoms with Gasteiger partial charge in [0.05, 0.1) is 6.26 Å². The highest BCUT2D eigenvalue weighted by atomic mass is 16.2. The van der Waals surface area contributed by atoms with Gasteiger partial charge in [0.25, 0.3) is 0 Å². The van der Waals surface area contributed by atoms with Gasteiger partial charge >= 0.3 is 6.03 Å². The number of hydrogen-bond donors (Lipinski definition) is 2. The summed E-state index contributed by atoms with van der Waals surface area (Å²) in [5.41, 5.74) is 0. The molecule has 1 saturated heterocycles. The van der Waals surface area contributed by atoms with E-state index in [0.717, 1.165) is 6.26 Å². The molecule has 5 nitrogen and oxygen atoms in total. The molecule has 2 N–H and O–H groups in total. The molecule has 1 heterocycles. The smallest absolute Gasteiger partial charge is 0.324 e. The van der Waals surface area contributed by atoms with Gasteiger partial charge in [-0.3, -0.25) is 10.1 Å². The minimum atomic E-state index is -0.409. The largest absolute Gasteiger partial charge is 0.516 e. The molecule has 0 unspecified atom stereocenters. The maximum Gasteiger partial charge on any atom is 0.324 e. The average molecular weight is 156 g/mol. The van der Waals surface area contributed by atoms with Gasteiger partial charge in [-0.25, -0.2) is 4.79 Å². The highest BCUT2D eigenvalue weighted by Crippen LogP contribution is 1.96. The van der Waals surface area contributed by atoms with Gasteiger partial charge in [-0.05, 0) is 6.08 Å². The van der Waals surface area contributed by atoms with Crippen LogP contribution in [0.5, 0.6) is 0 Å². The van der Waals surface area contributed by atoms with Crippen molar-refractivity contribution < 1.29 is 14.7 Å². The van der Waals surface area contributed by atoms with Crippen molar-refractivity contribution in [1.82, 2.24) is 10.2 Å². The number of aliphatic hydroxyl groups excluding tert-OH is 1. The Labute approximate surface area is 63.3 Å². The van der Waals surface area contributed by atoms with Crippen LogP contribution in [-0.4, -0.2) is 35.0 Å². The number of nitrogens with one attached hydrogen (secondary N) is 1. The number of rotatable bonds is 2. The Morgan fingerprint density at radius 2 is 2.36 bits per heavy atom. The van der Waals surface area contributed by atoms with Crippen LogP contribution in [0, 0.1) is 0 Å². The molecule has 1 aliphatic rings. The lowest BCUT2D eigenvalue weighted by atomic mass is 10.5. The SMILES string of the molecule is O=C1CN(C/C=C/O)C(=O)N1. The first-order valence-corrected chi connectivity index (χ1v) is 3.12. The molecular weight excluding hydrogens is 148 g/mol. The summed E-state index contributed by atoms with van der Waals surface area (Å²) >= 11 is 0. The zero-order chi connectivity index (χ0) is 8.27. The van der Waals surface area contributed by atoms with Crippen LogP contribution in [0.2, 0.25) is 0 Å². The zero-order valence-electron chi connectivity index (χ0n) is 5.78. The van der Waals surface area contributed by atoms with Crippen LogP contribution in [-0.2, 0) is 4.79 Å². The first-order valence-electron chi connectivity index (χ1n) is 3.12. The molecule has 0 radical (unpaired) electrons. The maximum absolute atomic E-state index is 10.8. The van der Waals surface area contributed by atoms with Gasteiger partial charge in [0.2, 0.25) is 5.91 Å². The van der Waals surface area contributed by atoms with Gasteiger partial charge < -0.3 is 10.0 Å². The molecule has 0 atom stereocenters. The Kier molecular flexibility index (Phi) is 2.10. The van der Waals surface area contributed by atoms with E-state index in [1.54, 1.807) is 0 Å². The monoisotopic (exact) mass is 156 g/mol. The van der Waals surface area contributed by atoms with E-state index in [1.165, 1.54) is 11.0 Å². The van der Waals surface area contributed by atoms with Crippen LogP contribution in [0.4, 0.5) is 4.79 Å². The molecule has 1 fully saturated rings. The minimum Gasteiger partial charge on any atom is -0.516 e. The summed E-state index contributed by atoms with van der Waals surface area (Å²) in [6.07, 6.45) is 2.23. The fourth-order valence-electron chi connectivity index (χ4n) is 0.805. The van der Waals surface area contributed by atoms with E-state index in [-0.39, 0.29) is 19.0 Å². The van der Waals surface area contributed by atoms with Crippen LogP contribution in [0.15, 0.2) is 12.3 Å². The van der Waals surface area contributed by atoms with Crippen molar-refractivity contribution in [2.45, 2.75) is 0 Å². The molecule has 0 spiro atoms. The van der Waals surface area contributed by atoms with E-state index in [1.807, 2.05) is 0 Å². The third kappa shape index (κ3) is 1.70. The summed E-state index contributed by atoms with van der Waals surface area (Å²) in [4.78, 5) is 22.6. The predicted octanol–water partition coefficient (Wildman–Crippen LogP) is -0.390. The van der Waals surface area contributed by atoms with E-state index in [0.29, 0.717) is 0 Å². The van der Waals surface area contributed by atoms with Gasteiger partial charge in [0, 0.05) is 6.54 Å². The highest BCUT2D eigenvalue weighted by molar-refractivity contribution is 6.01. The van der Waals surface area contributed by atoms with E-state index < -0.39 is 6.03 Å². The normalized spacial score (nSPS) is 18.0. The molecule has 0 bridgehead atoms. The fraction of sp³-hybridized carbons (Fsp3) is 0.333. The van der Waals surface area contributed by atoms with Crippen LogP contribution < -0.4 is 5.32 Å². The maximum atomic E-state index is 10.8. The molecule has 0 aliphatic carbocycles. The van der Waals surface area contributed by atoms with Crippen molar-refractivity contribution in [3.8, 4) is 0 Å². The summed E-state index contributed by atoms with van der Waals surface area (Å²) in [6.45, 7) is 0.331. The predicted molar refractivity (Wildman–Crippen MR) is 36.9 cm³/mol. The number of aliphatic hydroxyl groups is 1. The number of imide groups is 1. The standard InChI is InChI=1S/C6H8N2O3/c9-3-1-2-8-4-5(10)7-6(8)11/h1,3,9H,2,4H2,(H,7,10,11)/b3-1+. The first-order chi connectivity index (χ1) is 5.24. The molecule has 0 aromatic rings. The zero-order valence-corrected chi connectivity index (χ0v) is 5.78. The van der Waals surface area contributed by atoms with Crippen molar-refractivity contribution in [3.05, 3.63) is 12.3 Å². The quantitative estimate of drug-likeness (QED) is 0.422. The summed E-state index contributed by atoms with van der Waals surface area (Å²) in [7, 11) is 0. The third-order valence-electron chi connectivity index (χ3n) is 1.30. The van der Waals surface area contributed by atoms with Crippen molar-refractivity contribution >= 4 is 11.9 Å². The second-order valence-corrected chi connectivity index (χ2v) is 2.12. The Balaban J connectivity index is 2.47. The summed E-state index contributed by atoms with van der Waals surface area (Å²) in [5.74, 6) is -0.304. The Hall–Kier alpha value is -1.52. The topological polar surface area (TPSA) is 69.6 Å². The van der Waals surface area contributed by atoms with Crippen molar-refractivity contribution in [2.75, 3.05) is 13.1 Å². The van der Waals surface area contributed by atoms with Crippen LogP contribution in [0.25, 0.3) is 0 Å². The van der Waals surface area contributed by atoms with Crippen LogP contribution in [0.1, 0.15) is 0 Å². The number of hydrogen-bond acceptors (Lipinski definition) is 3. The molecule has 1 aliphatic heterocycles. The van der Waals surface area contributed by atoms with Gasteiger partial charge in [-0.15, -0.1) is 0 Å². The summed E-state index contributed by atoms with van der Waals surface area (Å²) in [5, 5.41) is 10.4. The lowest BCUT2D eigenvalue weighted by molar-refractivity contribution is -0.118. The van der Waals surface area contributed by atoms with Crippen molar-refractivity contribution in [2.24, 2.45) is 0 Å². The highest BCUT2D eigenvalue weighted by Gasteiger charge is 2.24. The van der Waals surface area contributed by atoms with Crippen molar-refractivity contribution in [3.63, 3.8) is 0 Å². The molecular formula is C6H8N2O3. The summed E-state index contributed by atoms with van der Waals surface area (Å²) < 4.78 is 0. The van der Waals surface area contributed by atoms with Gasteiger partial charge in [-0.1, -0.05) is 0 Å². The Bertz CT molecular complexity index is 212. The Morgan fingerprint density at radius 1 is 1.64 bits per heavy atom. The second kappa shape index (κ2) is 3.05. The third-order valence-corrected chi connectivity index (χ3v) is 1.30. The summed E-state index contributed by atoms with van der Waals surface area (Å²) in [6, 6.07) is -0.409. The van der Waals surface area contributed by atoms with Gasteiger partial charge in [-0.2, -0.15) is 0 Å². The van der Waals surface area contributed by atoms with Gasteiger partial charge in [0.15, 0.2) is 0 Å². The fourth-order valence-corrected chi connectivity index (χ4v) is 0.805. The molecule has 5 heteroatoms. The molecule has 0 aromatic carbocycles. The lowest BCUT2D eigenvalue weighted by Crippen LogP contribution is -2.28. The van der Waals surface area contributed by atoms with Gasteiger partial charge in [0.1, 0.15) is 6.54 Å². The van der Waals surface area contributed by atoms with Crippen LogP contribution >= 0.6 is 0 Å².